The maximum atomic E-state index is 13.2. The first-order valence-electron chi connectivity index (χ1n) is 10.4. The van der Waals surface area contributed by atoms with E-state index in [-0.39, 0.29) is 15.5 Å². The second kappa shape index (κ2) is 10.9. The molecule has 0 fully saturated rings. The third kappa shape index (κ3) is 5.80. The van der Waals surface area contributed by atoms with E-state index in [9.17, 15) is 13.2 Å². The summed E-state index contributed by atoms with van der Waals surface area (Å²) in [4.78, 5) is 17.2. The average molecular weight is 515 g/mol. The first-order valence-corrected chi connectivity index (χ1v) is 13.4. The number of hydrogen-bond acceptors (Lipinski definition) is 5. The molecule has 32 heavy (non-hydrogen) atoms. The summed E-state index contributed by atoms with van der Waals surface area (Å²) in [5, 5.41) is 3.76. The number of nitrogens with zero attached hydrogens (tertiary/aromatic N) is 2. The lowest BCUT2D eigenvalue weighted by Gasteiger charge is -2.21. The zero-order chi connectivity index (χ0) is 23.3. The molecule has 0 aliphatic rings. The summed E-state index contributed by atoms with van der Waals surface area (Å²) in [6.45, 7) is 5.09. The summed E-state index contributed by atoms with van der Waals surface area (Å²) in [5.74, 6) is -0.413. The van der Waals surface area contributed by atoms with Gasteiger partial charge in [0, 0.05) is 18.1 Å². The molecule has 1 heterocycles. The van der Waals surface area contributed by atoms with Crippen LogP contribution in [0.3, 0.4) is 0 Å². The monoisotopic (exact) mass is 513 g/mol. The number of aromatic nitrogens is 1. The van der Waals surface area contributed by atoms with Crippen LogP contribution in [0.4, 0.5) is 5.13 Å². The molecule has 6 nitrogen and oxygen atoms in total. The molecule has 0 spiro atoms. The van der Waals surface area contributed by atoms with Gasteiger partial charge in [0.25, 0.3) is 5.91 Å². The number of benzene rings is 2. The lowest BCUT2D eigenvalue weighted by atomic mass is 10.2. The number of sulfonamides is 1. The lowest BCUT2D eigenvalue weighted by molar-refractivity contribution is 0.102. The predicted molar refractivity (Wildman–Crippen MR) is 133 cm³/mol. The number of hydrogen-bond donors (Lipinski definition) is 1. The van der Waals surface area contributed by atoms with E-state index in [2.05, 4.69) is 10.3 Å². The molecule has 0 unspecified atom stereocenters. The highest BCUT2D eigenvalue weighted by Crippen LogP contribution is 2.30. The summed E-state index contributed by atoms with van der Waals surface area (Å²) in [6, 6.07) is 9.49. The largest absolute Gasteiger partial charge is 0.298 e. The number of anilines is 1. The molecule has 1 aromatic heterocycles. The second-order valence-corrected chi connectivity index (χ2v) is 11.2. The molecule has 172 valence electrons. The van der Waals surface area contributed by atoms with Crippen molar-refractivity contribution in [3.8, 4) is 0 Å². The van der Waals surface area contributed by atoms with Crippen molar-refractivity contribution in [2.24, 2.45) is 0 Å². The first-order chi connectivity index (χ1) is 15.3. The van der Waals surface area contributed by atoms with Crippen LogP contribution < -0.4 is 5.32 Å². The Kier molecular flexibility index (Phi) is 8.52. The van der Waals surface area contributed by atoms with Gasteiger partial charge in [-0.2, -0.15) is 4.31 Å². The minimum absolute atomic E-state index is 0.236. The molecule has 0 saturated heterocycles. The van der Waals surface area contributed by atoms with E-state index in [0.29, 0.717) is 33.5 Å². The van der Waals surface area contributed by atoms with Crippen LogP contribution >= 0.6 is 34.5 Å². The van der Waals surface area contributed by atoms with Crippen molar-refractivity contribution >= 4 is 65.8 Å². The van der Waals surface area contributed by atoms with Crippen molar-refractivity contribution in [2.45, 2.75) is 44.4 Å². The quantitative estimate of drug-likeness (QED) is 0.337. The summed E-state index contributed by atoms with van der Waals surface area (Å²) in [7, 11) is -3.61. The molecule has 10 heteroatoms. The Labute approximate surface area is 202 Å². The summed E-state index contributed by atoms with van der Waals surface area (Å²) in [5.41, 5.74) is 0.890. The molecule has 0 bridgehead atoms. The van der Waals surface area contributed by atoms with Crippen LogP contribution in [0.25, 0.3) is 10.2 Å². The van der Waals surface area contributed by atoms with Crippen LogP contribution in [0.5, 0.6) is 0 Å². The Bertz CT molecular complexity index is 1200. The number of unbranched alkanes of at least 4 members (excludes halogenated alkanes) is 2. The van der Waals surface area contributed by atoms with Crippen molar-refractivity contribution in [3.63, 3.8) is 0 Å². The highest BCUT2D eigenvalue weighted by Gasteiger charge is 2.24. The van der Waals surface area contributed by atoms with E-state index in [1.165, 1.54) is 17.4 Å². The number of carbonyl (C=O) groups is 1. The van der Waals surface area contributed by atoms with Gasteiger partial charge < -0.3 is 0 Å². The van der Waals surface area contributed by atoms with Gasteiger partial charge in [-0.3, -0.25) is 10.1 Å². The minimum Gasteiger partial charge on any atom is -0.298 e. The van der Waals surface area contributed by atoms with Gasteiger partial charge in [-0.15, -0.1) is 0 Å². The van der Waals surface area contributed by atoms with Crippen LogP contribution in [-0.4, -0.2) is 36.7 Å². The summed E-state index contributed by atoms with van der Waals surface area (Å²) >= 11 is 13.2. The van der Waals surface area contributed by atoms with E-state index in [4.69, 9.17) is 23.2 Å². The van der Waals surface area contributed by atoms with Gasteiger partial charge in [-0.05, 0) is 49.2 Å². The molecular formula is C22H25Cl2N3O3S2. The van der Waals surface area contributed by atoms with E-state index in [0.717, 1.165) is 25.7 Å². The number of carbonyl (C=O) groups excluding carboxylic acids is 1. The van der Waals surface area contributed by atoms with Crippen LogP contribution in [0.15, 0.2) is 41.3 Å². The maximum Gasteiger partial charge on any atom is 0.258 e. The molecule has 0 radical (unpaired) electrons. The summed E-state index contributed by atoms with van der Waals surface area (Å²) < 4.78 is 28.7. The maximum absolute atomic E-state index is 13.2. The van der Waals surface area contributed by atoms with Crippen LogP contribution in [-0.2, 0) is 10.0 Å². The van der Waals surface area contributed by atoms with Crippen molar-refractivity contribution in [3.05, 3.63) is 52.0 Å². The van der Waals surface area contributed by atoms with Crippen molar-refractivity contribution in [2.75, 3.05) is 18.4 Å². The number of nitrogens with one attached hydrogen (secondary N) is 1. The molecular weight excluding hydrogens is 489 g/mol. The van der Waals surface area contributed by atoms with Crippen LogP contribution in [0.2, 0.25) is 10.0 Å². The molecule has 1 N–H and O–H groups in total. The topological polar surface area (TPSA) is 79.4 Å². The molecule has 3 rings (SSSR count). The van der Waals surface area contributed by atoms with Gasteiger partial charge in [-0.25, -0.2) is 13.4 Å². The number of amides is 1. The normalized spacial score (nSPS) is 11.9. The standard InChI is InChI=1S/C22H25Cl2N3O3S2/c1-3-5-11-27(12-6-4-2)32(29,30)16-8-10-19-20(14-16)31-22(25-19)26-21(28)17-9-7-15(23)13-18(17)24/h7-10,13-14H,3-6,11-12H2,1-2H3,(H,25,26,28). The predicted octanol–water partition coefficient (Wildman–Crippen LogP) is 6.45. The highest BCUT2D eigenvalue weighted by molar-refractivity contribution is 7.89. The number of rotatable bonds is 10. The molecule has 0 aliphatic carbocycles. The Morgan fingerprint density at radius 3 is 2.38 bits per heavy atom. The highest BCUT2D eigenvalue weighted by atomic mass is 35.5. The molecule has 0 saturated carbocycles. The minimum atomic E-state index is -3.61. The Morgan fingerprint density at radius 2 is 1.75 bits per heavy atom. The number of fused-ring (bicyclic) bond motifs is 1. The smallest absolute Gasteiger partial charge is 0.258 e. The first kappa shape index (κ1) is 24.9. The second-order valence-electron chi connectivity index (χ2n) is 7.34. The van der Waals surface area contributed by atoms with Gasteiger partial charge in [0.1, 0.15) is 0 Å². The SMILES string of the molecule is CCCCN(CCCC)S(=O)(=O)c1ccc2nc(NC(=O)c3ccc(Cl)cc3Cl)sc2c1. The fourth-order valence-corrected chi connectivity index (χ4v) is 6.14. The number of halogens is 2. The average Bonchev–Trinajstić information content (AvgIpc) is 3.14. The van der Waals surface area contributed by atoms with Crippen molar-refractivity contribution < 1.29 is 13.2 Å². The molecule has 0 aliphatic heterocycles. The van der Waals surface area contributed by atoms with E-state index >= 15 is 0 Å². The van der Waals surface area contributed by atoms with E-state index in [1.54, 1.807) is 34.6 Å². The van der Waals surface area contributed by atoms with Crippen LogP contribution in [0, 0.1) is 0 Å². The van der Waals surface area contributed by atoms with Crippen molar-refractivity contribution in [1.82, 2.24) is 9.29 Å². The van der Waals surface area contributed by atoms with Gasteiger partial charge in [-0.1, -0.05) is 61.2 Å². The Morgan fingerprint density at radius 1 is 1.06 bits per heavy atom. The van der Waals surface area contributed by atoms with Crippen LogP contribution in [0.1, 0.15) is 49.9 Å². The van der Waals surface area contributed by atoms with E-state index < -0.39 is 15.9 Å². The van der Waals surface area contributed by atoms with Gasteiger partial charge in [0.15, 0.2) is 5.13 Å². The van der Waals surface area contributed by atoms with Gasteiger partial charge in [0.05, 0.1) is 25.7 Å². The molecule has 1 amide bonds. The third-order valence-corrected chi connectivity index (χ3v) is 8.29. The van der Waals surface area contributed by atoms with E-state index in [1.807, 2.05) is 13.8 Å². The number of thiazole rings is 1. The molecule has 3 aromatic rings. The zero-order valence-corrected chi connectivity index (χ0v) is 21.0. The fraction of sp³-hybridized carbons (Fsp3) is 0.364. The summed E-state index contributed by atoms with van der Waals surface area (Å²) in [6.07, 6.45) is 3.48. The van der Waals surface area contributed by atoms with Gasteiger partial charge >= 0.3 is 0 Å². The fourth-order valence-electron chi connectivity index (χ4n) is 3.13. The third-order valence-electron chi connectivity index (χ3n) is 4.92. The lowest BCUT2D eigenvalue weighted by Crippen LogP contribution is -2.33. The Balaban J connectivity index is 1.85. The zero-order valence-electron chi connectivity index (χ0n) is 17.9. The molecule has 0 atom stereocenters. The molecule has 2 aromatic carbocycles. The van der Waals surface area contributed by atoms with Crippen molar-refractivity contribution in [1.29, 1.82) is 0 Å². The van der Waals surface area contributed by atoms with Gasteiger partial charge in [0.2, 0.25) is 10.0 Å². The Hall–Kier alpha value is -1.71.